The van der Waals surface area contributed by atoms with Crippen molar-refractivity contribution in [1.82, 2.24) is 4.98 Å². The Hall–Kier alpha value is -1.87. The van der Waals surface area contributed by atoms with Crippen molar-refractivity contribution in [2.75, 3.05) is 0 Å². The third-order valence-electron chi connectivity index (χ3n) is 3.93. The van der Waals surface area contributed by atoms with Gasteiger partial charge in [-0.3, -0.25) is 0 Å². The first-order chi connectivity index (χ1) is 10.7. The summed E-state index contributed by atoms with van der Waals surface area (Å²) in [5, 5.41) is 3.30. The maximum absolute atomic E-state index is 5.93. The molecule has 1 aliphatic carbocycles. The number of hydrogen-bond acceptors (Lipinski definition) is 3. The summed E-state index contributed by atoms with van der Waals surface area (Å²) in [4.78, 5) is 4.81. The lowest BCUT2D eigenvalue weighted by Gasteiger charge is -2.05. The number of fused-ring (bicyclic) bond motifs is 2. The zero-order valence-electron chi connectivity index (χ0n) is 13.6. The van der Waals surface area contributed by atoms with E-state index in [0.29, 0.717) is 0 Å². The van der Waals surface area contributed by atoms with Crippen molar-refractivity contribution in [3.05, 3.63) is 40.2 Å². The Labute approximate surface area is 134 Å². The van der Waals surface area contributed by atoms with Gasteiger partial charge in [-0.05, 0) is 44.4 Å². The molecule has 2 nitrogen and oxygen atoms in total. The molecule has 0 spiro atoms. The fraction of sp³-hybridized carbons (Fsp3) is 0.316. The SMILES string of the molecule is CC.CC1=c2nc(-c3cc4ccccc4o3)sc2=C(C)CC1. The monoisotopic (exact) mass is 311 g/mol. The van der Waals surface area contributed by atoms with E-state index in [4.69, 9.17) is 9.40 Å². The van der Waals surface area contributed by atoms with E-state index in [9.17, 15) is 0 Å². The summed E-state index contributed by atoms with van der Waals surface area (Å²) in [5.74, 6) is 0.881. The maximum Gasteiger partial charge on any atom is 0.164 e. The van der Waals surface area contributed by atoms with Gasteiger partial charge in [0.1, 0.15) is 5.58 Å². The molecule has 0 N–H and O–H groups in total. The largest absolute Gasteiger partial charge is 0.454 e. The molecule has 2 aromatic heterocycles. The highest BCUT2D eigenvalue weighted by Crippen LogP contribution is 2.28. The van der Waals surface area contributed by atoms with Gasteiger partial charge in [0.25, 0.3) is 0 Å². The lowest BCUT2D eigenvalue weighted by atomic mass is 10.0. The average Bonchev–Trinajstić information content (AvgIpc) is 3.17. The summed E-state index contributed by atoms with van der Waals surface area (Å²) in [6.07, 6.45) is 2.28. The highest BCUT2D eigenvalue weighted by atomic mass is 32.1. The van der Waals surface area contributed by atoms with Crippen LogP contribution in [-0.4, -0.2) is 4.98 Å². The third-order valence-corrected chi connectivity index (χ3v) is 5.16. The minimum absolute atomic E-state index is 0.881. The van der Waals surface area contributed by atoms with Gasteiger partial charge >= 0.3 is 0 Å². The minimum Gasteiger partial charge on any atom is -0.454 e. The summed E-state index contributed by atoms with van der Waals surface area (Å²) in [7, 11) is 0. The summed E-state index contributed by atoms with van der Waals surface area (Å²) >= 11 is 1.75. The standard InChI is InChI=1S/C17H15NOS.C2H6/c1-10-7-8-11(2)16-15(10)18-17(20-16)14-9-12-5-3-4-6-13(12)19-14;1-2/h3-6,9H,7-8H2,1-2H3;1-2H3. The number of para-hydroxylation sites is 1. The molecule has 0 unspecified atom stereocenters. The van der Waals surface area contributed by atoms with Gasteiger partial charge in [-0.2, -0.15) is 0 Å². The summed E-state index contributed by atoms with van der Waals surface area (Å²) in [6, 6.07) is 10.2. The second-order valence-electron chi connectivity index (χ2n) is 5.41. The van der Waals surface area contributed by atoms with Gasteiger partial charge in [0, 0.05) is 5.39 Å². The summed E-state index contributed by atoms with van der Waals surface area (Å²) in [5.41, 5.74) is 3.77. The number of benzene rings is 1. The number of furan rings is 1. The summed E-state index contributed by atoms with van der Waals surface area (Å²) < 4.78 is 7.27. The van der Waals surface area contributed by atoms with Crippen molar-refractivity contribution >= 4 is 33.5 Å². The molecule has 0 amide bonds. The fourth-order valence-corrected chi connectivity index (χ4v) is 3.82. The quantitative estimate of drug-likeness (QED) is 0.650. The lowest BCUT2D eigenvalue weighted by Crippen LogP contribution is -2.28. The van der Waals surface area contributed by atoms with E-state index in [-0.39, 0.29) is 0 Å². The van der Waals surface area contributed by atoms with Crippen LogP contribution < -0.4 is 9.88 Å². The molecule has 114 valence electrons. The minimum atomic E-state index is 0.881. The second kappa shape index (κ2) is 6.09. The average molecular weight is 311 g/mol. The molecule has 0 aliphatic heterocycles. The topological polar surface area (TPSA) is 26.0 Å². The molecule has 4 rings (SSSR count). The van der Waals surface area contributed by atoms with Crippen molar-refractivity contribution < 1.29 is 4.42 Å². The van der Waals surface area contributed by atoms with Crippen molar-refractivity contribution in [3.63, 3.8) is 0 Å². The molecule has 3 aromatic rings. The van der Waals surface area contributed by atoms with Crippen molar-refractivity contribution in [3.8, 4) is 10.8 Å². The molecule has 3 heteroatoms. The van der Waals surface area contributed by atoms with Crippen LogP contribution in [0.25, 0.3) is 32.9 Å². The van der Waals surface area contributed by atoms with E-state index >= 15 is 0 Å². The van der Waals surface area contributed by atoms with Crippen LogP contribution >= 0.6 is 11.3 Å². The first kappa shape index (κ1) is 15.0. The van der Waals surface area contributed by atoms with Crippen molar-refractivity contribution in [2.45, 2.75) is 40.5 Å². The molecule has 0 fully saturated rings. The first-order valence-corrected chi connectivity index (χ1v) is 8.69. The van der Waals surface area contributed by atoms with Crippen LogP contribution in [0.3, 0.4) is 0 Å². The zero-order valence-corrected chi connectivity index (χ0v) is 14.4. The van der Waals surface area contributed by atoms with Crippen molar-refractivity contribution in [2.24, 2.45) is 0 Å². The molecular weight excluding hydrogens is 290 g/mol. The molecule has 0 atom stereocenters. The van der Waals surface area contributed by atoms with E-state index in [1.807, 2.05) is 32.0 Å². The highest BCUT2D eigenvalue weighted by Gasteiger charge is 2.14. The molecule has 22 heavy (non-hydrogen) atoms. The van der Waals surface area contributed by atoms with Gasteiger partial charge in [0.15, 0.2) is 10.8 Å². The van der Waals surface area contributed by atoms with Crippen LogP contribution in [0, 0.1) is 0 Å². The molecule has 1 aromatic carbocycles. The lowest BCUT2D eigenvalue weighted by molar-refractivity contribution is 0.630. The number of aromatic nitrogens is 1. The fourth-order valence-electron chi connectivity index (χ4n) is 2.70. The second-order valence-corrected chi connectivity index (χ2v) is 6.40. The van der Waals surface area contributed by atoms with Gasteiger partial charge in [-0.15, -0.1) is 11.3 Å². The van der Waals surface area contributed by atoms with E-state index in [1.165, 1.54) is 21.0 Å². The molecule has 0 radical (unpaired) electrons. The van der Waals surface area contributed by atoms with Gasteiger partial charge in [0.05, 0.1) is 9.88 Å². The Bertz CT molecular complexity index is 857. The van der Waals surface area contributed by atoms with E-state index in [2.05, 4.69) is 26.0 Å². The normalized spacial score (nSPS) is 13.8. The van der Waals surface area contributed by atoms with Crippen LogP contribution in [0.15, 0.2) is 34.7 Å². The van der Waals surface area contributed by atoms with E-state index < -0.39 is 0 Å². The van der Waals surface area contributed by atoms with Crippen LogP contribution in [-0.2, 0) is 0 Å². The third kappa shape index (κ3) is 2.50. The number of rotatable bonds is 1. The molecule has 2 heterocycles. The Balaban J connectivity index is 0.000000693. The van der Waals surface area contributed by atoms with Gasteiger partial charge in [-0.1, -0.05) is 37.6 Å². The van der Waals surface area contributed by atoms with Gasteiger partial charge in [0.2, 0.25) is 0 Å². The smallest absolute Gasteiger partial charge is 0.164 e. The van der Waals surface area contributed by atoms with Gasteiger partial charge in [-0.25, -0.2) is 4.98 Å². The molecule has 0 saturated heterocycles. The van der Waals surface area contributed by atoms with Crippen LogP contribution in [0.5, 0.6) is 0 Å². The maximum atomic E-state index is 5.93. The Morgan fingerprint density at radius 3 is 2.50 bits per heavy atom. The van der Waals surface area contributed by atoms with Crippen molar-refractivity contribution in [1.29, 1.82) is 0 Å². The van der Waals surface area contributed by atoms with Crippen LogP contribution in [0.4, 0.5) is 0 Å². The Kier molecular flexibility index (Phi) is 4.16. The van der Waals surface area contributed by atoms with Crippen LogP contribution in [0.2, 0.25) is 0 Å². The zero-order chi connectivity index (χ0) is 15.7. The molecule has 0 bridgehead atoms. The first-order valence-electron chi connectivity index (χ1n) is 7.88. The highest BCUT2D eigenvalue weighted by molar-refractivity contribution is 7.13. The number of thiazole rings is 1. The van der Waals surface area contributed by atoms with Crippen LogP contribution in [0.1, 0.15) is 40.5 Å². The van der Waals surface area contributed by atoms with Gasteiger partial charge < -0.3 is 4.42 Å². The summed E-state index contributed by atoms with van der Waals surface area (Å²) in [6.45, 7) is 8.40. The number of nitrogens with zero attached hydrogens (tertiary/aromatic N) is 1. The predicted octanol–water partition coefficient (Wildman–Crippen LogP) is 4.72. The Morgan fingerprint density at radius 2 is 1.77 bits per heavy atom. The van der Waals surface area contributed by atoms with E-state index in [0.717, 1.165) is 34.6 Å². The predicted molar refractivity (Wildman–Crippen MR) is 95.3 cm³/mol. The number of hydrogen-bond donors (Lipinski definition) is 0. The molecule has 1 aliphatic rings. The Morgan fingerprint density at radius 1 is 1.05 bits per heavy atom. The molecule has 0 saturated carbocycles. The van der Waals surface area contributed by atoms with E-state index in [1.54, 1.807) is 11.3 Å². The molecular formula is C19H21NOS.